The molecule has 0 aliphatic rings. The number of carbonyl (C=O) groups is 1. The third-order valence-electron chi connectivity index (χ3n) is 3.70. The first-order chi connectivity index (χ1) is 13.1. The summed E-state index contributed by atoms with van der Waals surface area (Å²) >= 11 is 9.24. The molecule has 0 radical (unpaired) electrons. The lowest BCUT2D eigenvalue weighted by atomic mass is 10.2. The van der Waals surface area contributed by atoms with E-state index in [1.807, 2.05) is 48.5 Å². The summed E-state index contributed by atoms with van der Waals surface area (Å²) < 4.78 is 6.91. The predicted octanol–water partition coefficient (Wildman–Crippen LogP) is 5.45. The van der Waals surface area contributed by atoms with Gasteiger partial charge in [0.15, 0.2) is 0 Å². The maximum atomic E-state index is 12.1. The first kappa shape index (κ1) is 19.1. The Hall–Kier alpha value is -2.63. The van der Waals surface area contributed by atoms with Gasteiger partial charge in [-0.25, -0.2) is 5.43 Å². The highest BCUT2D eigenvalue weighted by molar-refractivity contribution is 9.10. The molecule has 0 spiro atoms. The second-order valence-corrected chi connectivity index (χ2v) is 7.01. The van der Waals surface area contributed by atoms with Crippen LogP contribution >= 0.6 is 27.5 Å². The number of hydrogen-bond acceptors (Lipinski definition) is 3. The largest absolute Gasteiger partial charge is 0.488 e. The normalized spacial score (nSPS) is 10.7. The topological polar surface area (TPSA) is 50.7 Å². The predicted molar refractivity (Wildman–Crippen MR) is 111 cm³/mol. The summed E-state index contributed by atoms with van der Waals surface area (Å²) in [5.74, 6) is 0.376. The van der Waals surface area contributed by atoms with Gasteiger partial charge in [0.25, 0.3) is 5.91 Å². The molecule has 1 amide bonds. The van der Waals surface area contributed by atoms with E-state index in [4.69, 9.17) is 16.3 Å². The van der Waals surface area contributed by atoms with Crippen LogP contribution in [0, 0.1) is 0 Å². The number of benzene rings is 3. The average Bonchev–Trinajstić information content (AvgIpc) is 2.69. The number of nitrogens with zero attached hydrogens (tertiary/aromatic N) is 1. The van der Waals surface area contributed by atoms with Gasteiger partial charge in [-0.05, 0) is 54.1 Å². The molecule has 6 heteroatoms. The molecule has 0 saturated heterocycles. The van der Waals surface area contributed by atoms with E-state index in [1.165, 1.54) is 0 Å². The quantitative estimate of drug-likeness (QED) is 0.407. The molecule has 3 rings (SSSR count). The molecule has 0 atom stereocenters. The Kier molecular flexibility index (Phi) is 6.63. The van der Waals surface area contributed by atoms with Gasteiger partial charge in [0, 0.05) is 20.6 Å². The van der Waals surface area contributed by atoms with Crippen LogP contribution in [-0.4, -0.2) is 12.1 Å². The lowest BCUT2D eigenvalue weighted by molar-refractivity contribution is 0.0955. The minimum absolute atomic E-state index is 0.309. The lowest BCUT2D eigenvalue weighted by Gasteiger charge is -2.09. The SMILES string of the molecule is O=C(N/N=C/c1ccccc1OCc1ccc(Br)cc1)c1ccc(Cl)cc1. The molecule has 27 heavy (non-hydrogen) atoms. The van der Waals surface area contributed by atoms with Crippen LogP contribution in [0.2, 0.25) is 5.02 Å². The van der Waals surface area contributed by atoms with Crippen LogP contribution in [0.3, 0.4) is 0 Å². The molecule has 136 valence electrons. The monoisotopic (exact) mass is 442 g/mol. The fourth-order valence-corrected chi connectivity index (χ4v) is 2.68. The molecular weight excluding hydrogens is 428 g/mol. The molecule has 0 unspecified atom stereocenters. The minimum Gasteiger partial charge on any atom is -0.488 e. The number of amides is 1. The van der Waals surface area contributed by atoms with E-state index in [0.29, 0.717) is 22.9 Å². The molecule has 4 nitrogen and oxygen atoms in total. The highest BCUT2D eigenvalue weighted by atomic mass is 79.9. The maximum absolute atomic E-state index is 12.1. The van der Waals surface area contributed by atoms with E-state index in [1.54, 1.807) is 30.5 Å². The number of hydrazone groups is 1. The van der Waals surface area contributed by atoms with Crippen molar-refractivity contribution in [1.29, 1.82) is 0 Å². The Morgan fingerprint density at radius 3 is 2.48 bits per heavy atom. The van der Waals surface area contributed by atoms with Crippen LogP contribution < -0.4 is 10.2 Å². The van der Waals surface area contributed by atoms with E-state index < -0.39 is 0 Å². The molecule has 3 aromatic rings. The fraction of sp³-hybridized carbons (Fsp3) is 0.0476. The van der Waals surface area contributed by atoms with Gasteiger partial charge in [-0.1, -0.05) is 51.8 Å². The fourth-order valence-electron chi connectivity index (χ4n) is 2.29. The van der Waals surface area contributed by atoms with E-state index in [0.717, 1.165) is 15.6 Å². The van der Waals surface area contributed by atoms with Gasteiger partial charge in [0.05, 0.1) is 6.21 Å². The van der Waals surface area contributed by atoms with E-state index in [-0.39, 0.29) is 5.91 Å². The van der Waals surface area contributed by atoms with Crippen molar-refractivity contribution in [3.05, 3.63) is 99.0 Å². The molecule has 0 fully saturated rings. The van der Waals surface area contributed by atoms with Gasteiger partial charge in [-0.15, -0.1) is 0 Å². The summed E-state index contributed by atoms with van der Waals surface area (Å²) in [7, 11) is 0. The Bertz CT molecular complexity index is 941. The third-order valence-corrected chi connectivity index (χ3v) is 4.48. The van der Waals surface area contributed by atoms with Crippen molar-refractivity contribution in [3.63, 3.8) is 0 Å². The second kappa shape index (κ2) is 9.35. The number of hydrogen-bond donors (Lipinski definition) is 1. The summed E-state index contributed by atoms with van der Waals surface area (Å²) in [5.41, 5.74) is 4.81. The Morgan fingerprint density at radius 1 is 1.04 bits per heavy atom. The third kappa shape index (κ3) is 5.67. The average molecular weight is 444 g/mol. The number of halogens is 2. The molecule has 0 heterocycles. The van der Waals surface area contributed by atoms with Crippen molar-refractivity contribution >= 4 is 39.7 Å². The Balaban J connectivity index is 1.62. The van der Waals surface area contributed by atoms with Crippen molar-refractivity contribution in [2.24, 2.45) is 5.10 Å². The zero-order valence-electron chi connectivity index (χ0n) is 14.2. The van der Waals surface area contributed by atoms with Crippen LogP contribution in [0.4, 0.5) is 0 Å². The van der Waals surface area contributed by atoms with Gasteiger partial charge in [-0.2, -0.15) is 5.10 Å². The zero-order valence-corrected chi connectivity index (χ0v) is 16.6. The molecule has 0 bridgehead atoms. The van der Waals surface area contributed by atoms with Crippen LogP contribution in [0.15, 0.2) is 82.4 Å². The minimum atomic E-state index is -0.309. The molecular formula is C21H16BrClN2O2. The Morgan fingerprint density at radius 2 is 1.74 bits per heavy atom. The molecule has 0 aliphatic carbocycles. The van der Waals surface area contributed by atoms with Crippen molar-refractivity contribution in [2.45, 2.75) is 6.61 Å². The number of carbonyl (C=O) groups excluding carboxylic acids is 1. The van der Waals surface area contributed by atoms with Gasteiger partial charge >= 0.3 is 0 Å². The molecule has 3 aromatic carbocycles. The number of ether oxygens (including phenoxy) is 1. The summed E-state index contributed by atoms with van der Waals surface area (Å²) in [6.07, 6.45) is 1.56. The van der Waals surface area contributed by atoms with Gasteiger partial charge in [-0.3, -0.25) is 4.79 Å². The first-order valence-corrected chi connectivity index (χ1v) is 9.34. The molecule has 0 aliphatic heterocycles. The maximum Gasteiger partial charge on any atom is 0.271 e. The van der Waals surface area contributed by atoms with Gasteiger partial charge < -0.3 is 4.74 Å². The van der Waals surface area contributed by atoms with Crippen LogP contribution in [-0.2, 0) is 6.61 Å². The summed E-state index contributed by atoms with van der Waals surface area (Å²) in [6.45, 7) is 0.440. The molecule has 0 aromatic heterocycles. The molecule has 1 N–H and O–H groups in total. The first-order valence-electron chi connectivity index (χ1n) is 8.17. The van der Waals surface area contributed by atoms with E-state index in [9.17, 15) is 4.79 Å². The number of para-hydroxylation sites is 1. The smallest absolute Gasteiger partial charge is 0.271 e. The summed E-state index contributed by atoms with van der Waals surface area (Å²) in [5, 5.41) is 4.60. The van der Waals surface area contributed by atoms with Crippen molar-refractivity contribution in [3.8, 4) is 5.75 Å². The van der Waals surface area contributed by atoms with Crippen LogP contribution in [0.25, 0.3) is 0 Å². The second-order valence-electron chi connectivity index (χ2n) is 5.66. The highest BCUT2D eigenvalue weighted by Gasteiger charge is 2.05. The van der Waals surface area contributed by atoms with Gasteiger partial charge in [0.1, 0.15) is 12.4 Å². The standard InChI is InChI=1S/C21H16BrClN2O2/c22-18-9-5-15(6-10-18)14-27-20-4-2-1-3-17(20)13-24-25-21(26)16-7-11-19(23)12-8-16/h1-13H,14H2,(H,25,26)/b24-13+. The number of nitrogens with one attached hydrogen (secondary N) is 1. The highest BCUT2D eigenvalue weighted by Crippen LogP contribution is 2.18. The number of rotatable bonds is 6. The van der Waals surface area contributed by atoms with Crippen molar-refractivity contribution < 1.29 is 9.53 Å². The molecule has 0 saturated carbocycles. The van der Waals surface area contributed by atoms with Gasteiger partial charge in [0.2, 0.25) is 0 Å². The Labute approximate surface area is 171 Å². The van der Waals surface area contributed by atoms with E-state index >= 15 is 0 Å². The van der Waals surface area contributed by atoms with Crippen molar-refractivity contribution in [2.75, 3.05) is 0 Å². The van der Waals surface area contributed by atoms with E-state index in [2.05, 4.69) is 26.5 Å². The van der Waals surface area contributed by atoms with Crippen molar-refractivity contribution in [1.82, 2.24) is 5.43 Å². The summed E-state index contributed by atoms with van der Waals surface area (Å²) in [6, 6.07) is 22.0. The zero-order chi connectivity index (χ0) is 19.1. The van der Waals surface area contributed by atoms with Crippen LogP contribution in [0.5, 0.6) is 5.75 Å². The van der Waals surface area contributed by atoms with Crippen LogP contribution in [0.1, 0.15) is 21.5 Å². The lowest BCUT2D eigenvalue weighted by Crippen LogP contribution is -2.17. The summed E-state index contributed by atoms with van der Waals surface area (Å²) in [4.78, 5) is 12.1.